The van der Waals surface area contributed by atoms with E-state index in [2.05, 4.69) is 508 Å². The maximum atomic E-state index is 2.38. The highest BCUT2D eigenvalue weighted by molar-refractivity contribution is 5.88. The molecule has 0 saturated heterocycles. The molecule has 4 heteroatoms. The highest BCUT2D eigenvalue weighted by Gasteiger charge is 2.21. The molecular weight excluding hydrogens is 1450 g/mol. The molecule has 2 unspecified atom stereocenters. The van der Waals surface area contributed by atoms with Crippen LogP contribution in [0.15, 0.2) is 461 Å². The third-order valence-corrected chi connectivity index (χ3v) is 23.7. The number of nitrogens with zero attached hydrogens (tertiary/aromatic N) is 4. The summed E-state index contributed by atoms with van der Waals surface area (Å²) in [7, 11) is 0. The van der Waals surface area contributed by atoms with Gasteiger partial charge in [-0.15, -0.1) is 0 Å². The second kappa shape index (κ2) is 35.3. The lowest BCUT2D eigenvalue weighted by molar-refractivity contribution is 0.733. The van der Waals surface area contributed by atoms with Crippen molar-refractivity contribution >= 4 is 68.2 Å². The summed E-state index contributed by atoms with van der Waals surface area (Å²) in [5.74, 6) is 0.939. The van der Waals surface area contributed by atoms with Gasteiger partial charge in [0.15, 0.2) is 0 Å². The molecule has 0 radical (unpaired) electrons. The first-order valence-electron chi connectivity index (χ1n) is 42.0. The first-order chi connectivity index (χ1) is 59.2. The van der Waals surface area contributed by atoms with E-state index in [-0.39, 0.29) is 0 Å². The van der Waals surface area contributed by atoms with E-state index in [1.54, 1.807) is 0 Å². The number of anilines is 12. The molecule has 0 aliphatic rings. The van der Waals surface area contributed by atoms with Gasteiger partial charge >= 0.3 is 0 Å². The highest BCUT2D eigenvalue weighted by atomic mass is 15.2. The van der Waals surface area contributed by atoms with E-state index in [0.717, 1.165) is 137 Å². The van der Waals surface area contributed by atoms with E-state index in [0.29, 0.717) is 11.8 Å². The molecule has 0 fully saturated rings. The molecule has 18 aromatic carbocycles. The molecule has 18 aromatic rings. The number of hydrogen-bond acceptors (Lipinski definition) is 4. The van der Waals surface area contributed by atoms with E-state index >= 15 is 0 Å². The van der Waals surface area contributed by atoms with Crippen LogP contribution in [0.5, 0.6) is 0 Å². The van der Waals surface area contributed by atoms with Gasteiger partial charge in [-0.05, 0) is 294 Å². The molecule has 4 nitrogen and oxygen atoms in total. The average molecular weight is 1540 g/mol. The molecule has 0 aliphatic heterocycles. The molecule has 0 bridgehead atoms. The zero-order valence-corrected chi connectivity index (χ0v) is 68.2. The molecular formula is C116H94N4. The van der Waals surface area contributed by atoms with Crippen LogP contribution in [-0.4, -0.2) is 0 Å². The fraction of sp³-hybridized carbons (Fsp3) is 0.0690. The van der Waals surface area contributed by atoms with E-state index in [4.69, 9.17) is 0 Å². The topological polar surface area (TPSA) is 13.0 Å². The van der Waals surface area contributed by atoms with Crippen molar-refractivity contribution in [1.29, 1.82) is 0 Å². The van der Waals surface area contributed by atoms with Crippen molar-refractivity contribution in [3.05, 3.63) is 472 Å². The van der Waals surface area contributed by atoms with Gasteiger partial charge < -0.3 is 19.6 Å². The lowest BCUT2D eigenvalue weighted by Crippen LogP contribution is -2.10. The highest BCUT2D eigenvalue weighted by Crippen LogP contribution is 2.45. The molecule has 578 valence electrons. The van der Waals surface area contributed by atoms with Gasteiger partial charge in [-0.25, -0.2) is 0 Å². The van der Waals surface area contributed by atoms with Gasteiger partial charge in [0.05, 0.1) is 0 Å². The van der Waals surface area contributed by atoms with Gasteiger partial charge in [-0.2, -0.15) is 0 Å². The van der Waals surface area contributed by atoms with Gasteiger partial charge in [0.2, 0.25) is 0 Å². The molecule has 0 N–H and O–H groups in total. The van der Waals surface area contributed by atoms with Crippen LogP contribution >= 0.6 is 0 Å². The van der Waals surface area contributed by atoms with Gasteiger partial charge in [0, 0.05) is 68.2 Å². The Morgan fingerprint density at radius 3 is 0.425 bits per heavy atom. The van der Waals surface area contributed by atoms with Crippen molar-refractivity contribution in [2.45, 2.75) is 52.4 Å². The maximum Gasteiger partial charge on any atom is 0.0462 e. The summed E-state index contributed by atoms with van der Waals surface area (Å²) in [6, 6.07) is 168. The lowest BCUT2D eigenvalue weighted by Gasteiger charge is -2.27. The Bertz CT molecular complexity index is 5820. The summed E-state index contributed by atoms with van der Waals surface area (Å²) >= 11 is 0. The minimum Gasteiger partial charge on any atom is -0.311 e. The van der Waals surface area contributed by atoms with Crippen molar-refractivity contribution < 1.29 is 0 Å². The van der Waals surface area contributed by atoms with Crippen molar-refractivity contribution in [3.63, 3.8) is 0 Å². The van der Waals surface area contributed by atoms with Gasteiger partial charge in [-0.3, -0.25) is 0 Å². The minimum absolute atomic E-state index is 0.470. The zero-order valence-electron chi connectivity index (χ0n) is 68.2. The molecule has 120 heavy (non-hydrogen) atoms. The maximum absolute atomic E-state index is 2.38. The van der Waals surface area contributed by atoms with Gasteiger partial charge in [0.1, 0.15) is 0 Å². The number of rotatable bonds is 25. The zero-order chi connectivity index (χ0) is 81.1. The summed E-state index contributed by atoms with van der Waals surface area (Å²) in [5, 5.41) is 0. The summed E-state index contributed by atoms with van der Waals surface area (Å²) in [6.07, 6.45) is 2.17. The molecule has 0 aromatic heterocycles. The average Bonchev–Trinajstić information content (AvgIpc) is 0.793. The number of hydrogen-bond donors (Lipinski definition) is 0. The summed E-state index contributed by atoms with van der Waals surface area (Å²) in [4.78, 5) is 9.45. The van der Waals surface area contributed by atoms with Crippen LogP contribution in [0.25, 0.3) is 100 Å². The van der Waals surface area contributed by atoms with E-state index in [1.165, 1.54) is 55.6 Å². The molecule has 0 spiro atoms. The normalized spacial score (nSPS) is 11.7. The van der Waals surface area contributed by atoms with Crippen LogP contribution in [0, 0.1) is 0 Å². The molecule has 0 aliphatic carbocycles. The largest absolute Gasteiger partial charge is 0.311 e. The van der Waals surface area contributed by atoms with Gasteiger partial charge in [0.25, 0.3) is 0 Å². The van der Waals surface area contributed by atoms with Crippen LogP contribution in [0.3, 0.4) is 0 Å². The summed E-state index contributed by atoms with van der Waals surface area (Å²) in [6.45, 7) is 9.14. The van der Waals surface area contributed by atoms with Crippen molar-refractivity contribution in [2.75, 3.05) is 19.6 Å². The molecule has 18 rings (SSSR count). The van der Waals surface area contributed by atoms with Crippen molar-refractivity contribution in [1.82, 2.24) is 0 Å². The van der Waals surface area contributed by atoms with Crippen LogP contribution in [-0.2, 0) is 0 Å². The van der Waals surface area contributed by atoms with Crippen LogP contribution in [0.1, 0.15) is 63.5 Å². The Kier molecular flexibility index (Phi) is 22.5. The quantitative estimate of drug-likeness (QED) is 0.0565. The summed E-state index contributed by atoms with van der Waals surface area (Å²) < 4.78 is 0. The molecule has 0 saturated carbocycles. The summed E-state index contributed by atoms with van der Waals surface area (Å²) in [5.41, 5.74) is 36.9. The predicted molar refractivity (Wildman–Crippen MR) is 512 cm³/mol. The predicted octanol–water partition coefficient (Wildman–Crippen LogP) is 33.6. The fourth-order valence-corrected chi connectivity index (χ4v) is 16.5. The van der Waals surface area contributed by atoms with Gasteiger partial charge in [-0.1, -0.05) is 331 Å². The Hall–Kier alpha value is -14.8. The first kappa shape index (κ1) is 76.5. The smallest absolute Gasteiger partial charge is 0.0462 e. The number of benzene rings is 18. The van der Waals surface area contributed by atoms with Crippen LogP contribution < -0.4 is 19.6 Å². The van der Waals surface area contributed by atoms with Crippen LogP contribution in [0.2, 0.25) is 0 Å². The molecule has 0 amide bonds. The minimum atomic E-state index is 0.470. The second-order valence-electron chi connectivity index (χ2n) is 31.2. The Morgan fingerprint density at radius 2 is 0.267 bits per heavy atom. The molecule has 2 atom stereocenters. The molecule has 0 heterocycles. The third-order valence-electron chi connectivity index (χ3n) is 23.7. The SMILES string of the molecule is CCC(C)c1ccc(N(c2ccc(-c3ccc(N(c4ccc(-c5ccccc5)cc4)c4ccc(-c5ccccc5)cc4)cc3)cc2)c2ccc(-c3cccc(-c4cccc(-c5ccc(N(c6ccc(-c7ccc(N(c8ccc(-c9ccccc9)cc8)c8ccc(-c9ccccc9)cc8)cc7)cc6)c6ccc(C(C)CC)cc6)cc5)c4)c3)cc2)cc1. The Balaban J connectivity index is 0.586. The van der Waals surface area contributed by atoms with Crippen molar-refractivity contribution in [2.24, 2.45) is 0 Å². The van der Waals surface area contributed by atoms with E-state index in [9.17, 15) is 0 Å². The Labute approximate surface area is 707 Å². The monoisotopic (exact) mass is 1540 g/mol. The lowest BCUT2D eigenvalue weighted by atomic mass is 9.96. The third kappa shape index (κ3) is 16.8. The first-order valence-corrected chi connectivity index (χ1v) is 42.0. The standard InChI is InChI=1S/C116H94N4/c1-5-83(3)85-33-57-105(58-34-85)117(111-69-45-95(46-70-111)97-49-73-113(74-50-97)119(107-61-37-91(38-62-107)87-21-11-7-12-22-87)108-63-39-92(40-64-108)88-23-13-8-14-24-88)115-77-53-99(54-78-115)101-29-19-31-103(81-101)104-32-20-30-102(82-104)100-55-79-116(80-56-100)118(106-59-35-86(36-60-106)84(4)6-2)112-71-47-96(48-72-112)98-51-75-114(76-52-98)120(109-65-41-93(42-66-109)89-25-15-9-16-26-89)110-67-43-94(44-68-110)90-27-17-10-18-28-90/h7-84H,5-6H2,1-4H3. The van der Waals surface area contributed by atoms with E-state index in [1.807, 2.05) is 0 Å². The van der Waals surface area contributed by atoms with Crippen molar-refractivity contribution in [3.8, 4) is 100 Å². The Morgan fingerprint density at radius 1 is 0.142 bits per heavy atom. The van der Waals surface area contributed by atoms with Crippen LogP contribution in [0.4, 0.5) is 68.2 Å². The second-order valence-corrected chi connectivity index (χ2v) is 31.2. The van der Waals surface area contributed by atoms with E-state index < -0.39 is 0 Å². The fourth-order valence-electron chi connectivity index (χ4n) is 16.5.